The van der Waals surface area contributed by atoms with Gasteiger partial charge in [-0.1, -0.05) is 31.5 Å². The lowest BCUT2D eigenvalue weighted by Crippen LogP contribution is -2.25. The maximum Gasteiger partial charge on any atom is 0.586 e. The van der Waals surface area contributed by atoms with E-state index < -0.39 is 29.4 Å². The molecular formula is C20H14ClF4N3O3. The minimum atomic E-state index is -3.80. The fourth-order valence-corrected chi connectivity index (χ4v) is 2.84. The summed E-state index contributed by atoms with van der Waals surface area (Å²) < 4.78 is 62.3. The SMILES string of the molecule is CC.O=C(Nc1cnc(-c2cc3c(cc2Cl)OC(F)(F)O3)cn1)c1c(F)cccc1F. The van der Waals surface area contributed by atoms with Crippen molar-refractivity contribution in [2.75, 3.05) is 5.32 Å². The molecule has 11 heteroatoms. The van der Waals surface area contributed by atoms with E-state index in [0.29, 0.717) is 0 Å². The number of nitrogens with zero attached hydrogens (tertiary/aromatic N) is 2. The van der Waals surface area contributed by atoms with Crippen molar-refractivity contribution in [3.8, 4) is 22.8 Å². The lowest BCUT2D eigenvalue weighted by atomic mass is 10.1. The molecule has 0 spiro atoms. The summed E-state index contributed by atoms with van der Waals surface area (Å²) in [7, 11) is 0. The van der Waals surface area contributed by atoms with Crippen LogP contribution in [0.3, 0.4) is 0 Å². The Bertz CT molecular complexity index is 1110. The molecule has 162 valence electrons. The summed E-state index contributed by atoms with van der Waals surface area (Å²) in [4.78, 5) is 20.0. The molecule has 1 aromatic heterocycles. The summed E-state index contributed by atoms with van der Waals surface area (Å²) in [6.45, 7) is 4.00. The van der Waals surface area contributed by atoms with Crippen molar-refractivity contribution < 1.29 is 31.8 Å². The number of hydrogen-bond acceptors (Lipinski definition) is 5. The average molecular weight is 456 g/mol. The van der Waals surface area contributed by atoms with Crippen LogP contribution in [-0.2, 0) is 0 Å². The van der Waals surface area contributed by atoms with E-state index in [1.54, 1.807) is 0 Å². The Morgan fingerprint density at radius 1 is 1.03 bits per heavy atom. The molecule has 0 atom stereocenters. The molecule has 0 aliphatic carbocycles. The van der Waals surface area contributed by atoms with Crippen molar-refractivity contribution in [3.05, 3.63) is 64.9 Å². The number of fused-ring (bicyclic) bond motifs is 1. The average Bonchev–Trinajstić information content (AvgIpc) is 3.02. The zero-order valence-corrected chi connectivity index (χ0v) is 16.8. The first kappa shape index (κ1) is 22.3. The summed E-state index contributed by atoms with van der Waals surface area (Å²) in [5.74, 6) is -3.67. The van der Waals surface area contributed by atoms with Crippen molar-refractivity contribution in [1.29, 1.82) is 0 Å². The lowest BCUT2D eigenvalue weighted by molar-refractivity contribution is -0.286. The van der Waals surface area contributed by atoms with Gasteiger partial charge in [0.25, 0.3) is 5.91 Å². The Morgan fingerprint density at radius 3 is 2.23 bits per heavy atom. The van der Waals surface area contributed by atoms with Crippen LogP contribution in [0.1, 0.15) is 24.2 Å². The van der Waals surface area contributed by atoms with Crippen LogP contribution in [0.15, 0.2) is 42.7 Å². The highest BCUT2D eigenvalue weighted by atomic mass is 35.5. The second-order valence-electron chi connectivity index (χ2n) is 5.78. The Hall–Kier alpha value is -3.40. The molecule has 2 aromatic carbocycles. The van der Waals surface area contributed by atoms with Gasteiger partial charge in [-0.2, -0.15) is 0 Å². The van der Waals surface area contributed by atoms with Crippen LogP contribution in [0.5, 0.6) is 11.5 Å². The van der Waals surface area contributed by atoms with Crippen LogP contribution in [0.25, 0.3) is 11.3 Å². The van der Waals surface area contributed by atoms with E-state index in [0.717, 1.165) is 30.5 Å². The van der Waals surface area contributed by atoms with Gasteiger partial charge in [0, 0.05) is 11.6 Å². The number of carbonyl (C=O) groups is 1. The predicted octanol–water partition coefficient (Wildman–Crippen LogP) is 5.68. The van der Waals surface area contributed by atoms with E-state index >= 15 is 0 Å². The molecule has 0 radical (unpaired) electrons. The Kier molecular flexibility index (Phi) is 6.30. The van der Waals surface area contributed by atoms with Gasteiger partial charge in [-0.05, 0) is 18.2 Å². The Morgan fingerprint density at radius 2 is 1.65 bits per heavy atom. The van der Waals surface area contributed by atoms with Crippen molar-refractivity contribution in [2.24, 2.45) is 0 Å². The summed E-state index contributed by atoms with van der Waals surface area (Å²) in [5, 5.41) is 2.26. The summed E-state index contributed by atoms with van der Waals surface area (Å²) >= 11 is 6.07. The van der Waals surface area contributed by atoms with E-state index in [1.807, 2.05) is 13.8 Å². The molecule has 4 rings (SSSR count). The van der Waals surface area contributed by atoms with Gasteiger partial charge in [-0.3, -0.25) is 9.78 Å². The van der Waals surface area contributed by atoms with Crippen LogP contribution >= 0.6 is 11.6 Å². The number of rotatable bonds is 3. The van der Waals surface area contributed by atoms with E-state index in [-0.39, 0.29) is 33.6 Å². The minimum Gasteiger partial charge on any atom is -0.395 e. The molecule has 0 saturated heterocycles. The normalized spacial score (nSPS) is 13.3. The molecule has 0 saturated carbocycles. The third-order valence-corrected chi connectivity index (χ3v) is 4.16. The van der Waals surface area contributed by atoms with Crippen LogP contribution in [0.4, 0.5) is 23.4 Å². The van der Waals surface area contributed by atoms with Crippen molar-refractivity contribution in [1.82, 2.24) is 9.97 Å². The fraction of sp³-hybridized carbons (Fsp3) is 0.150. The van der Waals surface area contributed by atoms with Gasteiger partial charge in [-0.15, -0.1) is 8.78 Å². The first-order valence-electron chi connectivity index (χ1n) is 8.91. The molecule has 1 N–H and O–H groups in total. The topological polar surface area (TPSA) is 73.3 Å². The monoisotopic (exact) mass is 455 g/mol. The second-order valence-corrected chi connectivity index (χ2v) is 6.19. The van der Waals surface area contributed by atoms with Crippen LogP contribution in [0, 0.1) is 11.6 Å². The van der Waals surface area contributed by atoms with Gasteiger partial charge in [0.05, 0.1) is 23.1 Å². The number of anilines is 1. The molecule has 6 nitrogen and oxygen atoms in total. The molecule has 0 bridgehead atoms. The van der Waals surface area contributed by atoms with Gasteiger partial charge in [0.1, 0.15) is 17.2 Å². The van der Waals surface area contributed by atoms with Crippen molar-refractivity contribution in [2.45, 2.75) is 20.1 Å². The summed E-state index contributed by atoms with van der Waals surface area (Å²) in [5.41, 5.74) is -0.373. The van der Waals surface area contributed by atoms with E-state index in [4.69, 9.17) is 11.6 Å². The van der Waals surface area contributed by atoms with Crippen LogP contribution in [0.2, 0.25) is 5.02 Å². The molecule has 2 heterocycles. The van der Waals surface area contributed by atoms with Crippen LogP contribution in [-0.4, -0.2) is 22.2 Å². The van der Waals surface area contributed by atoms with Crippen LogP contribution < -0.4 is 14.8 Å². The number of ether oxygens (including phenoxy) is 2. The van der Waals surface area contributed by atoms with Gasteiger partial charge in [0.15, 0.2) is 17.3 Å². The largest absolute Gasteiger partial charge is 0.586 e. The maximum atomic E-state index is 13.7. The number of benzene rings is 2. The first-order valence-corrected chi connectivity index (χ1v) is 9.28. The third-order valence-electron chi connectivity index (χ3n) is 3.85. The quantitative estimate of drug-likeness (QED) is 0.515. The molecule has 0 fully saturated rings. The summed E-state index contributed by atoms with van der Waals surface area (Å²) in [6.07, 6.45) is -1.50. The molecule has 1 aliphatic heterocycles. The standard InChI is InChI=1S/C18H8ClF4N3O3.C2H6/c19-9-5-14-13(28-18(22,23)29-14)4-8(9)12-6-25-15(7-24-12)26-17(27)16-10(20)2-1-3-11(16)21;1-2/h1-7H,(H,25,26,27);1-2H3. The Balaban J connectivity index is 0.00000132. The predicted molar refractivity (Wildman–Crippen MR) is 104 cm³/mol. The number of halogens is 5. The highest BCUT2D eigenvalue weighted by Gasteiger charge is 2.43. The van der Waals surface area contributed by atoms with E-state index in [2.05, 4.69) is 24.8 Å². The van der Waals surface area contributed by atoms with Gasteiger partial charge in [-0.25, -0.2) is 13.8 Å². The maximum absolute atomic E-state index is 13.7. The van der Waals surface area contributed by atoms with Crippen molar-refractivity contribution in [3.63, 3.8) is 0 Å². The number of carbonyl (C=O) groups excluding carboxylic acids is 1. The number of nitrogens with one attached hydrogen (secondary N) is 1. The van der Waals surface area contributed by atoms with E-state index in [9.17, 15) is 22.4 Å². The highest BCUT2D eigenvalue weighted by Crippen LogP contribution is 2.45. The number of aromatic nitrogens is 2. The zero-order chi connectivity index (χ0) is 22.8. The number of hydrogen-bond donors (Lipinski definition) is 1. The minimum absolute atomic E-state index is 0.0459. The highest BCUT2D eigenvalue weighted by molar-refractivity contribution is 6.33. The fourth-order valence-electron chi connectivity index (χ4n) is 2.59. The molecule has 1 aliphatic rings. The van der Waals surface area contributed by atoms with Gasteiger partial charge >= 0.3 is 6.29 Å². The zero-order valence-electron chi connectivity index (χ0n) is 16.1. The second kappa shape index (κ2) is 8.76. The Labute approximate surface area is 178 Å². The molecule has 31 heavy (non-hydrogen) atoms. The molecule has 3 aromatic rings. The number of alkyl halides is 2. The lowest BCUT2D eigenvalue weighted by Gasteiger charge is -2.08. The first-order chi connectivity index (χ1) is 14.7. The van der Waals surface area contributed by atoms with E-state index in [1.165, 1.54) is 12.3 Å². The van der Waals surface area contributed by atoms with Gasteiger partial charge in [0.2, 0.25) is 0 Å². The van der Waals surface area contributed by atoms with Gasteiger partial charge < -0.3 is 14.8 Å². The molecular weight excluding hydrogens is 442 g/mol. The molecule has 1 amide bonds. The smallest absolute Gasteiger partial charge is 0.395 e. The number of amides is 1. The third kappa shape index (κ3) is 4.69. The summed E-state index contributed by atoms with van der Waals surface area (Å²) in [6, 6.07) is 5.36. The van der Waals surface area contributed by atoms with Crippen molar-refractivity contribution >= 4 is 23.3 Å². The molecule has 0 unspecified atom stereocenters.